The Hall–Kier alpha value is -2.74. The second kappa shape index (κ2) is 10.5. The summed E-state index contributed by atoms with van der Waals surface area (Å²) in [5.41, 5.74) is 2.63. The van der Waals surface area contributed by atoms with Crippen LogP contribution in [-0.2, 0) is 32.4 Å². The van der Waals surface area contributed by atoms with E-state index in [1.54, 1.807) is 30.6 Å². The number of fused-ring (bicyclic) bond motifs is 1. The Bertz CT molecular complexity index is 1090. The number of benzene rings is 1. The molecule has 2 N–H and O–H groups in total. The molecule has 1 saturated carbocycles. The first kappa shape index (κ1) is 23.4. The van der Waals surface area contributed by atoms with Gasteiger partial charge in [-0.05, 0) is 92.3 Å². The van der Waals surface area contributed by atoms with Gasteiger partial charge in [0.25, 0.3) is 0 Å². The molecule has 0 atom stereocenters. The van der Waals surface area contributed by atoms with Crippen molar-refractivity contribution in [3.63, 3.8) is 0 Å². The molecule has 0 saturated heterocycles. The van der Waals surface area contributed by atoms with Crippen molar-refractivity contribution in [2.24, 2.45) is 11.8 Å². The maximum absolute atomic E-state index is 12.9. The molecule has 176 valence electrons. The predicted molar refractivity (Wildman–Crippen MR) is 126 cm³/mol. The van der Waals surface area contributed by atoms with Gasteiger partial charge in [-0.15, -0.1) is 0 Å². The van der Waals surface area contributed by atoms with Crippen LogP contribution in [0.25, 0.3) is 0 Å². The highest BCUT2D eigenvalue weighted by atomic mass is 32.2. The molecule has 1 aromatic heterocycles. The number of rotatable bonds is 7. The van der Waals surface area contributed by atoms with E-state index in [0.29, 0.717) is 36.6 Å². The van der Waals surface area contributed by atoms with Crippen molar-refractivity contribution in [3.8, 4) is 0 Å². The molecule has 2 heterocycles. The minimum absolute atomic E-state index is 0.000476. The third-order valence-electron chi connectivity index (χ3n) is 6.79. The summed E-state index contributed by atoms with van der Waals surface area (Å²) in [6, 6.07) is 8.81. The Kier molecular flexibility index (Phi) is 7.42. The Morgan fingerprint density at radius 3 is 2.58 bits per heavy atom. The fraction of sp³-hybridized carbons (Fsp3) is 0.480. The molecule has 0 bridgehead atoms. The van der Waals surface area contributed by atoms with Gasteiger partial charge in [0.1, 0.15) is 0 Å². The van der Waals surface area contributed by atoms with Crippen LogP contribution in [0.2, 0.25) is 0 Å². The second-order valence-corrected chi connectivity index (χ2v) is 11.2. The van der Waals surface area contributed by atoms with Crippen LogP contribution in [0.15, 0.2) is 47.6 Å². The monoisotopic (exact) mass is 469 g/mol. The molecule has 2 aromatic rings. The molecule has 1 fully saturated rings. The average Bonchev–Trinajstić information content (AvgIpc) is 3.02. The van der Waals surface area contributed by atoms with Crippen LogP contribution in [0.5, 0.6) is 0 Å². The number of hydrogen-bond acceptors (Lipinski definition) is 5. The Labute approximate surface area is 195 Å². The van der Waals surface area contributed by atoms with Crippen LogP contribution >= 0.6 is 0 Å². The standard InChI is InChI=1S/C25H31N3O4S/c29-24-3-1-2-21-16-22(8-9-23(21)28-24)33(31,32)15-12-18-4-6-20(7-5-18)25(30)27-17-19-10-13-26-14-11-19/h8-11,13-14,16,18,20H,1-7,12,15,17H2,(H,27,30)(H,28,29). The van der Waals surface area contributed by atoms with E-state index in [4.69, 9.17) is 0 Å². The summed E-state index contributed by atoms with van der Waals surface area (Å²) in [4.78, 5) is 28.5. The van der Waals surface area contributed by atoms with E-state index in [1.165, 1.54) is 0 Å². The normalized spacial score (nSPS) is 20.9. The van der Waals surface area contributed by atoms with Crippen molar-refractivity contribution < 1.29 is 18.0 Å². The molecule has 1 aromatic carbocycles. The number of pyridine rings is 1. The van der Waals surface area contributed by atoms with Crippen molar-refractivity contribution in [1.29, 1.82) is 0 Å². The number of anilines is 1. The first-order valence-electron chi connectivity index (χ1n) is 11.7. The molecule has 0 radical (unpaired) electrons. The summed E-state index contributed by atoms with van der Waals surface area (Å²) in [5.74, 6) is 0.492. The van der Waals surface area contributed by atoms with Crippen molar-refractivity contribution in [2.75, 3.05) is 11.1 Å². The molecule has 2 amide bonds. The van der Waals surface area contributed by atoms with Crippen LogP contribution in [0.4, 0.5) is 5.69 Å². The second-order valence-electron chi connectivity index (χ2n) is 9.12. The number of nitrogens with one attached hydrogen (secondary N) is 2. The summed E-state index contributed by atoms with van der Waals surface area (Å²) in [6.45, 7) is 0.504. The van der Waals surface area contributed by atoms with E-state index >= 15 is 0 Å². The van der Waals surface area contributed by atoms with Crippen LogP contribution in [0.3, 0.4) is 0 Å². The fourth-order valence-electron chi connectivity index (χ4n) is 4.73. The summed E-state index contributed by atoms with van der Waals surface area (Å²) >= 11 is 0. The number of aryl methyl sites for hydroxylation is 1. The Morgan fingerprint density at radius 2 is 1.82 bits per heavy atom. The van der Waals surface area contributed by atoms with Gasteiger partial charge in [0.2, 0.25) is 11.8 Å². The molecule has 8 heteroatoms. The van der Waals surface area contributed by atoms with E-state index in [-0.39, 0.29) is 23.5 Å². The number of nitrogens with zero attached hydrogens (tertiary/aromatic N) is 1. The molecule has 0 spiro atoms. The van der Waals surface area contributed by atoms with Crippen LogP contribution in [-0.4, -0.2) is 31.0 Å². The molecule has 2 aliphatic rings. The third-order valence-corrected chi connectivity index (χ3v) is 8.53. The van der Waals surface area contributed by atoms with Crippen molar-refractivity contribution in [3.05, 3.63) is 53.9 Å². The molecule has 1 aliphatic heterocycles. The molecule has 7 nitrogen and oxygen atoms in total. The van der Waals surface area contributed by atoms with Crippen molar-refractivity contribution in [1.82, 2.24) is 10.3 Å². The Balaban J connectivity index is 1.25. The number of amides is 2. The van der Waals surface area contributed by atoms with Gasteiger partial charge in [-0.2, -0.15) is 0 Å². The van der Waals surface area contributed by atoms with E-state index in [1.807, 2.05) is 12.1 Å². The zero-order valence-electron chi connectivity index (χ0n) is 18.8. The molecule has 0 unspecified atom stereocenters. The van der Waals surface area contributed by atoms with Crippen LogP contribution in [0, 0.1) is 11.8 Å². The van der Waals surface area contributed by atoms with Gasteiger partial charge in [-0.25, -0.2) is 8.42 Å². The smallest absolute Gasteiger partial charge is 0.224 e. The zero-order chi connectivity index (χ0) is 23.3. The lowest BCUT2D eigenvalue weighted by Crippen LogP contribution is -2.33. The number of hydrogen-bond donors (Lipinski definition) is 2. The van der Waals surface area contributed by atoms with Gasteiger partial charge in [0, 0.05) is 37.0 Å². The lowest BCUT2D eigenvalue weighted by atomic mass is 9.80. The third kappa shape index (κ3) is 6.19. The van der Waals surface area contributed by atoms with Crippen LogP contribution < -0.4 is 10.6 Å². The maximum atomic E-state index is 12.9. The minimum Gasteiger partial charge on any atom is -0.352 e. The number of carbonyl (C=O) groups is 2. The first-order valence-corrected chi connectivity index (χ1v) is 13.4. The molecule has 4 rings (SSSR count). The van der Waals surface area contributed by atoms with Crippen molar-refractivity contribution in [2.45, 2.75) is 62.8 Å². The molecular weight excluding hydrogens is 438 g/mol. The summed E-state index contributed by atoms with van der Waals surface area (Å²) in [7, 11) is -3.38. The van der Waals surface area contributed by atoms with Crippen LogP contribution in [0.1, 0.15) is 56.1 Å². The van der Waals surface area contributed by atoms with Gasteiger partial charge < -0.3 is 10.6 Å². The summed E-state index contributed by atoms with van der Waals surface area (Å²) in [6.07, 6.45) is 9.26. The summed E-state index contributed by atoms with van der Waals surface area (Å²) < 4.78 is 25.9. The Morgan fingerprint density at radius 1 is 1.06 bits per heavy atom. The van der Waals surface area contributed by atoms with E-state index in [0.717, 1.165) is 48.9 Å². The largest absolute Gasteiger partial charge is 0.352 e. The number of sulfone groups is 1. The number of aromatic nitrogens is 1. The molecule has 1 aliphatic carbocycles. The number of carbonyl (C=O) groups excluding carboxylic acids is 2. The highest BCUT2D eigenvalue weighted by molar-refractivity contribution is 7.91. The molecule has 33 heavy (non-hydrogen) atoms. The lowest BCUT2D eigenvalue weighted by molar-refractivity contribution is -0.126. The van der Waals surface area contributed by atoms with Crippen molar-refractivity contribution >= 4 is 27.3 Å². The van der Waals surface area contributed by atoms with Gasteiger partial charge in [-0.3, -0.25) is 14.6 Å². The highest BCUT2D eigenvalue weighted by Gasteiger charge is 2.28. The van der Waals surface area contributed by atoms with Gasteiger partial charge in [0.05, 0.1) is 10.6 Å². The van der Waals surface area contributed by atoms with E-state index in [9.17, 15) is 18.0 Å². The fourth-order valence-corrected chi connectivity index (χ4v) is 6.21. The minimum atomic E-state index is -3.38. The zero-order valence-corrected chi connectivity index (χ0v) is 19.6. The average molecular weight is 470 g/mol. The van der Waals surface area contributed by atoms with Gasteiger partial charge >= 0.3 is 0 Å². The quantitative estimate of drug-likeness (QED) is 0.644. The van der Waals surface area contributed by atoms with Gasteiger partial charge in [0.15, 0.2) is 9.84 Å². The van der Waals surface area contributed by atoms with E-state index in [2.05, 4.69) is 15.6 Å². The lowest BCUT2D eigenvalue weighted by Gasteiger charge is -2.27. The van der Waals surface area contributed by atoms with Gasteiger partial charge in [-0.1, -0.05) is 0 Å². The SMILES string of the molecule is O=C1CCCc2cc(S(=O)(=O)CCC3CCC(C(=O)NCc4ccncc4)CC3)ccc2N1. The maximum Gasteiger partial charge on any atom is 0.224 e. The first-order chi connectivity index (χ1) is 15.9. The molecular formula is C25H31N3O4S. The summed E-state index contributed by atoms with van der Waals surface area (Å²) in [5, 5.41) is 5.85. The predicted octanol–water partition coefficient (Wildman–Crippen LogP) is 3.64. The highest BCUT2D eigenvalue weighted by Crippen LogP contribution is 2.32. The van der Waals surface area contributed by atoms with E-state index < -0.39 is 9.84 Å². The topological polar surface area (TPSA) is 105 Å².